The van der Waals surface area contributed by atoms with Crippen molar-refractivity contribution in [3.05, 3.63) is 94.1 Å². The first-order valence-electron chi connectivity index (χ1n) is 17.6. The molecule has 7 heteroatoms. The van der Waals surface area contributed by atoms with Gasteiger partial charge in [-0.1, -0.05) is 80.5 Å². The minimum atomic E-state index is -1.50. The highest BCUT2D eigenvalue weighted by atomic mass is 16.4. The lowest BCUT2D eigenvalue weighted by Gasteiger charge is -2.59. The van der Waals surface area contributed by atoms with Crippen molar-refractivity contribution >= 4 is 17.7 Å². The van der Waals surface area contributed by atoms with Crippen LogP contribution < -0.4 is 0 Å². The molecular formula is C41H50O7. The highest BCUT2D eigenvalue weighted by molar-refractivity contribution is 5.90. The van der Waals surface area contributed by atoms with Crippen molar-refractivity contribution in [1.82, 2.24) is 0 Å². The number of aliphatic hydroxyl groups is 2. The van der Waals surface area contributed by atoms with Crippen molar-refractivity contribution in [2.75, 3.05) is 0 Å². The number of hydrogen-bond acceptors (Lipinski definition) is 5. The van der Waals surface area contributed by atoms with Gasteiger partial charge in [0.25, 0.3) is 0 Å². The van der Waals surface area contributed by atoms with Crippen LogP contribution in [0.15, 0.2) is 71.8 Å². The highest BCUT2D eigenvalue weighted by Crippen LogP contribution is 2.69. The van der Waals surface area contributed by atoms with Crippen LogP contribution in [0.2, 0.25) is 0 Å². The van der Waals surface area contributed by atoms with E-state index >= 15 is 0 Å². The number of ketones is 1. The lowest BCUT2D eigenvalue weighted by atomic mass is 9.45. The molecule has 2 aromatic carbocycles. The first kappa shape index (κ1) is 34.3. The highest BCUT2D eigenvalue weighted by Gasteiger charge is 2.61. The number of fused-ring (bicyclic) bond motifs is 5. The molecule has 256 valence electrons. The van der Waals surface area contributed by atoms with Crippen LogP contribution in [-0.2, 0) is 10.4 Å². The maximum absolute atomic E-state index is 12.6. The molecule has 3 fully saturated rings. The maximum atomic E-state index is 12.6. The second-order valence-electron chi connectivity index (χ2n) is 16.2. The molecule has 8 atom stereocenters. The fraction of sp³-hybridized carbons (Fsp3) is 0.537. The average molecular weight is 655 g/mol. The van der Waals surface area contributed by atoms with E-state index in [2.05, 4.69) is 32.9 Å². The molecule has 6 rings (SSSR count). The van der Waals surface area contributed by atoms with Crippen molar-refractivity contribution in [1.29, 1.82) is 0 Å². The minimum Gasteiger partial charge on any atom is -0.478 e. The van der Waals surface area contributed by atoms with Gasteiger partial charge in [-0.2, -0.15) is 0 Å². The molecule has 0 radical (unpaired) electrons. The average Bonchev–Trinajstić information content (AvgIpc) is 3.40. The molecule has 7 nitrogen and oxygen atoms in total. The Kier molecular flexibility index (Phi) is 8.65. The summed E-state index contributed by atoms with van der Waals surface area (Å²) in [5.41, 5.74) is 0.516. The predicted octanol–water partition coefficient (Wildman–Crippen LogP) is 7.92. The van der Waals surface area contributed by atoms with E-state index in [0.717, 1.165) is 37.7 Å². The Morgan fingerprint density at radius 2 is 1.52 bits per heavy atom. The smallest absolute Gasteiger partial charge is 0.336 e. The number of carboxylic acid groups (broad SMARTS) is 2. The fourth-order valence-electron chi connectivity index (χ4n) is 10.7. The third-order valence-electron chi connectivity index (χ3n) is 13.2. The van der Waals surface area contributed by atoms with Gasteiger partial charge in [0.15, 0.2) is 5.78 Å². The molecule has 0 saturated heterocycles. The van der Waals surface area contributed by atoms with Gasteiger partial charge in [0, 0.05) is 18.3 Å². The van der Waals surface area contributed by atoms with Crippen LogP contribution in [0.3, 0.4) is 0 Å². The second kappa shape index (κ2) is 12.1. The summed E-state index contributed by atoms with van der Waals surface area (Å²) in [5.74, 6) is -1.32. The summed E-state index contributed by atoms with van der Waals surface area (Å²) >= 11 is 0. The third kappa shape index (κ3) is 5.47. The number of allylic oxidation sites excluding steroid dienone is 3. The van der Waals surface area contributed by atoms with E-state index in [-0.39, 0.29) is 47.0 Å². The molecule has 0 bridgehead atoms. The van der Waals surface area contributed by atoms with E-state index in [1.54, 1.807) is 44.2 Å². The molecule has 0 spiro atoms. The number of carboxylic acids is 2. The van der Waals surface area contributed by atoms with Crippen LogP contribution in [0.5, 0.6) is 0 Å². The molecular weight excluding hydrogens is 604 g/mol. The standard InChI is InChI=1S/C41H50O7/c1-24(14-19-35(42)38(2,3)47)30-17-18-31-28-16-15-25-22-41(48,33-13-9-8-12-29(33)37(45)46)23-34(26-10-6-7-11-27(26)36(43)44)40(25,5)32(28)20-21-39(30,31)4/h6-13,15-16,24,30-32,34,47-48H,14,17-23H2,1-5H3,(H,43,44)(H,45,46)/t24-,30-,31+,32+,34-,39-,40+,41-/m1/s1. The summed E-state index contributed by atoms with van der Waals surface area (Å²) in [5, 5.41) is 43.1. The molecule has 3 saturated carbocycles. The molecule has 0 aliphatic heterocycles. The van der Waals surface area contributed by atoms with E-state index in [9.17, 15) is 34.8 Å². The number of Topliss-reactive ketones (excluding diaryl/α,β-unsaturated/α-hetero) is 1. The summed E-state index contributed by atoms with van der Waals surface area (Å²) in [4.78, 5) is 37.5. The van der Waals surface area contributed by atoms with Crippen molar-refractivity contribution in [3.63, 3.8) is 0 Å². The van der Waals surface area contributed by atoms with Gasteiger partial charge in [0.05, 0.1) is 16.7 Å². The van der Waals surface area contributed by atoms with Crippen LogP contribution in [0, 0.1) is 34.5 Å². The molecule has 0 unspecified atom stereocenters. The zero-order valence-corrected chi connectivity index (χ0v) is 28.8. The summed E-state index contributed by atoms with van der Waals surface area (Å²) in [6.07, 6.45) is 10.1. The third-order valence-corrected chi connectivity index (χ3v) is 13.2. The van der Waals surface area contributed by atoms with Crippen LogP contribution in [0.25, 0.3) is 0 Å². The number of carbonyl (C=O) groups excluding carboxylic acids is 1. The lowest BCUT2D eigenvalue weighted by Crippen LogP contribution is -2.52. The molecule has 0 aromatic heterocycles. The largest absolute Gasteiger partial charge is 0.478 e. The van der Waals surface area contributed by atoms with Gasteiger partial charge in [-0.05, 0) is 111 Å². The van der Waals surface area contributed by atoms with Gasteiger partial charge in [0.2, 0.25) is 0 Å². The van der Waals surface area contributed by atoms with Crippen LogP contribution in [0.1, 0.15) is 124 Å². The predicted molar refractivity (Wildman–Crippen MR) is 184 cm³/mol. The van der Waals surface area contributed by atoms with Gasteiger partial charge < -0.3 is 20.4 Å². The normalized spacial score (nSPS) is 33.4. The van der Waals surface area contributed by atoms with Crippen LogP contribution in [0.4, 0.5) is 0 Å². The summed E-state index contributed by atoms with van der Waals surface area (Å²) in [6, 6.07) is 13.7. The summed E-state index contributed by atoms with van der Waals surface area (Å²) in [6.45, 7) is 10.0. The molecule has 4 N–H and O–H groups in total. The Balaban J connectivity index is 1.41. The second-order valence-corrected chi connectivity index (χ2v) is 16.2. The number of benzene rings is 2. The monoisotopic (exact) mass is 654 g/mol. The van der Waals surface area contributed by atoms with Gasteiger partial charge >= 0.3 is 11.9 Å². The Labute approximate surface area is 283 Å². The topological polar surface area (TPSA) is 132 Å². The maximum Gasteiger partial charge on any atom is 0.336 e. The molecule has 2 aromatic rings. The van der Waals surface area contributed by atoms with E-state index in [4.69, 9.17) is 0 Å². The summed E-state index contributed by atoms with van der Waals surface area (Å²) in [7, 11) is 0. The minimum absolute atomic E-state index is 0.0605. The van der Waals surface area contributed by atoms with Gasteiger partial charge in [-0.25, -0.2) is 9.59 Å². The first-order chi connectivity index (χ1) is 22.5. The number of carbonyl (C=O) groups is 3. The molecule has 0 heterocycles. The van der Waals surface area contributed by atoms with Crippen molar-refractivity contribution in [2.24, 2.45) is 34.5 Å². The first-order valence-corrected chi connectivity index (χ1v) is 17.6. The van der Waals surface area contributed by atoms with Gasteiger partial charge in [-0.3, -0.25) is 4.79 Å². The Morgan fingerprint density at radius 3 is 2.19 bits per heavy atom. The fourth-order valence-corrected chi connectivity index (χ4v) is 10.7. The lowest BCUT2D eigenvalue weighted by molar-refractivity contribution is -0.134. The van der Waals surface area contributed by atoms with Gasteiger partial charge in [-0.15, -0.1) is 0 Å². The van der Waals surface area contributed by atoms with Crippen molar-refractivity contribution < 1.29 is 34.8 Å². The zero-order chi connectivity index (χ0) is 34.8. The zero-order valence-electron chi connectivity index (χ0n) is 28.8. The Bertz CT molecular complexity index is 1700. The van der Waals surface area contributed by atoms with Crippen LogP contribution in [-0.4, -0.2) is 43.7 Å². The van der Waals surface area contributed by atoms with Crippen molar-refractivity contribution in [3.8, 4) is 0 Å². The van der Waals surface area contributed by atoms with E-state index in [0.29, 0.717) is 35.3 Å². The molecule has 0 amide bonds. The van der Waals surface area contributed by atoms with E-state index < -0.39 is 28.6 Å². The molecule has 4 aliphatic rings. The summed E-state index contributed by atoms with van der Waals surface area (Å²) < 4.78 is 0. The molecule has 48 heavy (non-hydrogen) atoms. The van der Waals surface area contributed by atoms with Gasteiger partial charge in [0.1, 0.15) is 5.60 Å². The number of rotatable bonds is 9. The number of hydrogen-bond donors (Lipinski definition) is 4. The van der Waals surface area contributed by atoms with E-state index in [1.165, 1.54) is 11.6 Å². The van der Waals surface area contributed by atoms with E-state index in [1.807, 2.05) is 12.1 Å². The Morgan fingerprint density at radius 1 is 0.875 bits per heavy atom. The van der Waals surface area contributed by atoms with Crippen LogP contribution >= 0.6 is 0 Å². The Hall–Kier alpha value is -3.55. The SMILES string of the molecule is C[C@H](CCC(=O)C(C)(C)O)[C@H]1CC[C@H]2C3=CC=C4C[C@](O)(c5ccccc5C(=O)O)C[C@H](c5ccccc5C(=O)O)[C@]4(C)[C@H]3CC[C@]12C. The van der Waals surface area contributed by atoms with Crippen molar-refractivity contribution in [2.45, 2.75) is 103 Å². The molecule has 4 aliphatic carbocycles. The number of aromatic carboxylic acids is 2. The quantitative estimate of drug-likeness (QED) is 0.216.